The highest BCUT2D eigenvalue weighted by Crippen LogP contribution is 2.45. The zero-order chi connectivity index (χ0) is 32.3. The van der Waals surface area contributed by atoms with Crippen molar-refractivity contribution in [1.29, 1.82) is 0 Å². The van der Waals surface area contributed by atoms with E-state index in [0.717, 1.165) is 18.7 Å². The van der Waals surface area contributed by atoms with Gasteiger partial charge < -0.3 is 8.99 Å². The van der Waals surface area contributed by atoms with Gasteiger partial charge in [-0.15, -0.1) is 0 Å². The maximum Gasteiger partial charge on any atom is 0.261 e. The van der Waals surface area contributed by atoms with Gasteiger partial charge in [-0.3, -0.25) is 0 Å². The molecule has 1 aromatic heterocycles. The summed E-state index contributed by atoms with van der Waals surface area (Å²) in [6.45, 7) is 7.85. The van der Waals surface area contributed by atoms with E-state index in [-0.39, 0.29) is 5.04 Å². The lowest BCUT2D eigenvalue weighted by molar-refractivity contribution is 0.274. The number of benzene rings is 5. The van der Waals surface area contributed by atoms with E-state index in [2.05, 4.69) is 183 Å². The zero-order valence-corrected chi connectivity index (χ0v) is 28.7. The van der Waals surface area contributed by atoms with Crippen LogP contribution in [-0.2, 0) is 16.4 Å². The fraction of sp³-hybridized carbons (Fsp3) is 0.233. The molecule has 7 rings (SSSR count). The Labute approximate surface area is 281 Å². The van der Waals surface area contributed by atoms with E-state index >= 15 is 0 Å². The number of rotatable bonds is 11. The molecule has 0 bridgehead atoms. The molecule has 1 heterocycles. The smallest absolute Gasteiger partial charge is 0.261 e. The molecule has 3 nitrogen and oxygen atoms in total. The molecule has 1 aliphatic carbocycles. The van der Waals surface area contributed by atoms with Crippen LogP contribution in [0.15, 0.2) is 164 Å². The number of hydrogen-bond acceptors (Lipinski definition) is 2. The molecule has 0 unspecified atom stereocenters. The van der Waals surface area contributed by atoms with Crippen LogP contribution in [0.25, 0.3) is 0 Å². The second kappa shape index (κ2) is 12.9. The third kappa shape index (κ3) is 5.81. The van der Waals surface area contributed by atoms with Crippen molar-refractivity contribution in [3.63, 3.8) is 0 Å². The first-order valence-corrected chi connectivity index (χ1v) is 18.8. The lowest BCUT2D eigenvalue weighted by Gasteiger charge is -2.43. The Bertz CT molecular complexity index is 1730. The number of aromatic nitrogens is 2. The summed E-state index contributed by atoms with van der Waals surface area (Å²) in [7, 11) is -2.55. The quantitative estimate of drug-likeness (QED) is 0.106. The van der Waals surface area contributed by atoms with Crippen molar-refractivity contribution < 1.29 is 4.43 Å². The van der Waals surface area contributed by atoms with E-state index < -0.39 is 13.9 Å². The van der Waals surface area contributed by atoms with E-state index in [1.54, 1.807) is 0 Å². The second-order valence-corrected chi connectivity index (χ2v) is 18.3. The highest BCUT2D eigenvalue weighted by molar-refractivity contribution is 6.99. The highest BCUT2D eigenvalue weighted by Gasteiger charge is 2.51. The molecule has 0 radical (unpaired) electrons. The molecule has 0 spiro atoms. The van der Waals surface area contributed by atoms with Crippen LogP contribution in [0.5, 0.6) is 0 Å². The topological polar surface area (TPSA) is 27.1 Å². The fourth-order valence-electron chi connectivity index (χ4n) is 7.66. The molecular weight excluding hydrogens is 589 g/mol. The molecule has 1 saturated carbocycles. The Morgan fingerprint density at radius 3 is 1.47 bits per heavy atom. The van der Waals surface area contributed by atoms with Gasteiger partial charge in [-0.1, -0.05) is 172 Å². The Balaban J connectivity index is 1.17. The van der Waals surface area contributed by atoms with Gasteiger partial charge in [0.1, 0.15) is 5.54 Å². The third-order valence-corrected chi connectivity index (χ3v) is 15.1. The summed E-state index contributed by atoms with van der Waals surface area (Å²) in [6.07, 6.45) is 6.45. The first-order valence-electron chi connectivity index (χ1n) is 16.9. The summed E-state index contributed by atoms with van der Waals surface area (Å²) >= 11 is 0. The van der Waals surface area contributed by atoms with Crippen molar-refractivity contribution in [2.45, 2.75) is 44.2 Å². The second-order valence-electron chi connectivity index (χ2n) is 14.0. The number of imidazole rings is 1. The molecule has 47 heavy (non-hydrogen) atoms. The van der Waals surface area contributed by atoms with Gasteiger partial charge in [-0.05, 0) is 56.8 Å². The highest BCUT2D eigenvalue weighted by atomic mass is 28.4. The Morgan fingerprint density at radius 1 is 0.617 bits per heavy atom. The summed E-state index contributed by atoms with van der Waals surface area (Å²) in [5.74, 6) is 1.10. The third-order valence-electron chi connectivity index (χ3n) is 10.1. The minimum absolute atomic E-state index is 0.0193. The van der Waals surface area contributed by atoms with Crippen molar-refractivity contribution >= 4 is 18.7 Å². The van der Waals surface area contributed by atoms with E-state index in [1.807, 2.05) is 6.33 Å². The van der Waals surface area contributed by atoms with Gasteiger partial charge in [0.05, 0.1) is 12.0 Å². The van der Waals surface area contributed by atoms with Crippen LogP contribution in [0.4, 0.5) is 0 Å². The van der Waals surface area contributed by atoms with Crippen LogP contribution in [0, 0.1) is 11.8 Å². The van der Waals surface area contributed by atoms with E-state index in [0.29, 0.717) is 11.8 Å². The monoisotopic (exact) mass is 632 g/mol. The van der Waals surface area contributed by atoms with Gasteiger partial charge in [-0.2, -0.15) is 0 Å². The normalized spacial score (nSPS) is 16.6. The molecule has 0 N–H and O–H groups in total. The Hall–Kier alpha value is -4.51. The van der Waals surface area contributed by atoms with Gasteiger partial charge in [0.25, 0.3) is 8.32 Å². The average molecular weight is 633 g/mol. The van der Waals surface area contributed by atoms with Gasteiger partial charge in [-0.25, -0.2) is 4.98 Å². The fourth-order valence-corrected chi connectivity index (χ4v) is 12.3. The van der Waals surface area contributed by atoms with Crippen LogP contribution in [0.1, 0.15) is 49.6 Å². The molecule has 4 heteroatoms. The lowest BCUT2D eigenvalue weighted by Crippen LogP contribution is -2.66. The molecule has 5 aromatic carbocycles. The molecule has 6 aromatic rings. The van der Waals surface area contributed by atoms with Gasteiger partial charge in [0.2, 0.25) is 0 Å². The number of nitrogens with zero attached hydrogens (tertiary/aromatic N) is 2. The largest absolute Gasteiger partial charge is 0.407 e. The van der Waals surface area contributed by atoms with E-state index in [9.17, 15) is 0 Å². The van der Waals surface area contributed by atoms with E-state index in [4.69, 9.17) is 9.41 Å². The summed E-state index contributed by atoms with van der Waals surface area (Å²) in [5, 5.41) is 2.66. The van der Waals surface area contributed by atoms with Crippen LogP contribution in [0.2, 0.25) is 5.04 Å². The lowest BCUT2D eigenvalue weighted by atomic mass is 9.77. The maximum absolute atomic E-state index is 7.30. The van der Waals surface area contributed by atoms with Crippen LogP contribution in [0.3, 0.4) is 0 Å². The van der Waals surface area contributed by atoms with Crippen molar-refractivity contribution in [2.75, 3.05) is 6.61 Å². The SMILES string of the molecule is CC(C)(C)[Si](OC[C@@H]1C[C@@H]1Cc1cn(C(c2ccccc2)(c2ccccc2)c2ccccc2)cn1)(c1ccccc1)c1ccccc1. The van der Waals surface area contributed by atoms with E-state index in [1.165, 1.54) is 33.5 Å². The van der Waals surface area contributed by atoms with Gasteiger partial charge in [0, 0.05) is 12.8 Å². The van der Waals surface area contributed by atoms with Gasteiger partial charge >= 0.3 is 0 Å². The molecule has 1 aliphatic rings. The first-order chi connectivity index (χ1) is 22.9. The Kier molecular flexibility index (Phi) is 8.57. The molecule has 236 valence electrons. The van der Waals surface area contributed by atoms with Crippen molar-refractivity contribution in [3.05, 3.63) is 187 Å². The maximum atomic E-state index is 7.30. The molecule has 0 saturated heterocycles. The summed E-state index contributed by atoms with van der Waals surface area (Å²) in [6, 6.07) is 54.4. The van der Waals surface area contributed by atoms with Crippen LogP contribution in [-0.4, -0.2) is 24.5 Å². The minimum Gasteiger partial charge on any atom is -0.407 e. The first kappa shape index (κ1) is 31.1. The van der Waals surface area contributed by atoms with Crippen molar-refractivity contribution in [1.82, 2.24) is 9.55 Å². The predicted octanol–water partition coefficient (Wildman–Crippen LogP) is 8.48. The standard InChI is InChI=1S/C43H44N2OSi/c1-42(2,3)47(40-25-15-7-16-26-40,41-27-17-8-18-28-41)46-32-35-29-34(35)30-39-31-45(33-44-39)43(36-19-9-4-10-20-36,37-21-11-5-12-22-37)38-23-13-6-14-24-38/h4-28,31,33-35H,29-30,32H2,1-3H3/t34-,35+/m1/s1. The summed E-state index contributed by atoms with van der Waals surface area (Å²) in [4.78, 5) is 5.05. The van der Waals surface area contributed by atoms with Crippen molar-refractivity contribution in [3.8, 4) is 0 Å². The van der Waals surface area contributed by atoms with Crippen molar-refractivity contribution in [2.24, 2.45) is 11.8 Å². The average Bonchev–Trinajstić information content (AvgIpc) is 3.69. The Morgan fingerprint density at radius 2 is 1.04 bits per heavy atom. The molecule has 0 amide bonds. The predicted molar refractivity (Wildman–Crippen MR) is 196 cm³/mol. The molecule has 0 aliphatic heterocycles. The summed E-state index contributed by atoms with van der Waals surface area (Å²) in [5.41, 5.74) is 4.23. The summed E-state index contributed by atoms with van der Waals surface area (Å²) < 4.78 is 9.64. The minimum atomic E-state index is -2.55. The molecule has 1 fully saturated rings. The van der Waals surface area contributed by atoms with Crippen LogP contribution >= 0.6 is 0 Å². The van der Waals surface area contributed by atoms with Gasteiger partial charge in [0.15, 0.2) is 0 Å². The number of hydrogen-bond donors (Lipinski definition) is 0. The molecule has 2 atom stereocenters. The van der Waals surface area contributed by atoms with Crippen LogP contribution < -0.4 is 10.4 Å². The zero-order valence-electron chi connectivity index (χ0n) is 27.7. The molecular formula is C43H44N2OSi.